The van der Waals surface area contributed by atoms with E-state index in [-0.39, 0.29) is 24.3 Å². The van der Waals surface area contributed by atoms with Crippen LogP contribution >= 0.6 is 0 Å². The molecule has 6 nitrogen and oxygen atoms in total. The maximum absolute atomic E-state index is 12.4. The molecule has 22 heavy (non-hydrogen) atoms. The lowest BCUT2D eigenvalue weighted by atomic mass is 9.96. The Morgan fingerprint density at radius 2 is 1.95 bits per heavy atom. The molecule has 1 aliphatic carbocycles. The first-order valence-corrected chi connectivity index (χ1v) is 7.41. The van der Waals surface area contributed by atoms with Gasteiger partial charge in [0.05, 0.1) is 0 Å². The number of benzene rings is 1. The minimum atomic E-state index is -0.846. The first-order chi connectivity index (χ1) is 10.4. The molecule has 116 valence electrons. The number of carbonyl (C=O) groups excluding carboxylic acids is 3. The zero-order valence-electron chi connectivity index (χ0n) is 12.7. The summed E-state index contributed by atoms with van der Waals surface area (Å²) >= 11 is 0. The smallest absolute Gasteiger partial charge is 0.325 e. The van der Waals surface area contributed by atoms with Crippen molar-refractivity contribution in [3.63, 3.8) is 0 Å². The summed E-state index contributed by atoms with van der Waals surface area (Å²) in [6.45, 7) is 3.43. The largest absolute Gasteiger partial charge is 0.325 e. The third-order valence-electron chi connectivity index (χ3n) is 4.33. The highest BCUT2D eigenvalue weighted by Gasteiger charge is 2.56. The molecule has 2 aliphatic rings. The van der Waals surface area contributed by atoms with Crippen LogP contribution in [0.1, 0.15) is 25.3 Å². The number of imide groups is 1. The van der Waals surface area contributed by atoms with Crippen molar-refractivity contribution in [2.45, 2.75) is 32.2 Å². The predicted molar refractivity (Wildman–Crippen MR) is 81.2 cm³/mol. The van der Waals surface area contributed by atoms with Gasteiger partial charge in [0.15, 0.2) is 0 Å². The van der Waals surface area contributed by atoms with Crippen LogP contribution in [-0.2, 0) is 9.59 Å². The second kappa shape index (κ2) is 5.12. The van der Waals surface area contributed by atoms with E-state index in [2.05, 4.69) is 10.6 Å². The van der Waals surface area contributed by atoms with Crippen LogP contribution < -0.4 is 10.6 Å². The van der Waals surface area contributed by atoms with Gasteiger partial charge in [0.25, 0.3) is 5.91 Å². The van der Waals surface area contributed by atoms with Gasteiger partial charge in [-0.05, 0) is 44.7 Å². The van der Waals surface area contributed by atoms with E-state index < -0.39 is 11.6 Å². The van der Waals surface area contributed by atoms with E-state index in [1.54, 1.807) is 19.1 Å². The van der Waals surface area contributed by atoms with Crippen LogP contribution in [0.2, 0.25) is 0 Å². The third-order valence-corrected chi connectivity index (χ3v) is 4.33. The minimum absolute atomic E-state index is 0.189. The van der Waals surface area contributed by atoms with Crippen molar-refractivity contribution in [3.8, 4) is 0 Å². The average molecular weight is 301 g/mol. The lowest BCUT2D eigenvalue weighted by Gasteiger charge is -2.20. The van der Waals surface area contributed by atoms with Gasteiger partial charge in [0, 0.05) is 5.69 Å². The van der Waals surface area contributed by atoms with Gasteiger partial charge >= 0.3 is 6.03 Å². The van der Waals surface area contributed by atoms with Gasteiger partial charge < -0.3 is 10.6 Å². The molecule has 0 radical (unpaired) electrons. The number of aryl methyl sites for hydroxylation is 1. The fourth-order valence-corrected chi connectivity index (χ4v) is 2.78. The monoisotopic (exact) mass is 301 g/mol. The number of nitrogens with one attached hydrogen (secondary N) is 2. The Kier molecular flexibility index (Phi) is 3.39. The first kappa shape index (κ1) is 14.6. The number of nitrogens with zero attached hydrogens (tertiary/aromatic N) is 1. The van der Waals surface area contributed by atoms with Crippen molar-refractivity contribution in [1.29, 1.82) is 0 Å². The SMILES string of the molecule is Cc1ccc(NC(=O)CN2C(=O)N[C@@](C)(C3CC3)C2=O)cc1. The highest BCUT2D eigenvalue weighted by Crippen LogP contribution is 2.42. The lowest BCUT2D eigenvalue weighted by Crippen LogP contribution is -2.46. The van der Waals surface area contributed by atoms with Gasteiger partial charge in [0.2, 0.25) is 5.91 Å². The number of amides is 4. The Labute approximate surface area is 128 Å². The summed E-state index contributed by atoms with van der Waals surface area (Å²) in [5.74, 6) is -0.499. The van der Waals surface area contributed by atoms with E-state index in [9.17, 15) is 14.4 Å². The molecule has 0 bridgehead atoms. The van der Waals surface area contributed by atoms with Crippen molar-refractivity contribution in [1.82, 2.24) is 10.2 Å². The van der Waals surface area contributed by atoms with Gasteiger partial charge in [0.1, 0.15) is 12.1 Å². The fourth-order valence-electron chi connectivity index (χ4n) is 2.78. The molecule has 0 spiro atoms. The molecule has 1 atom stereocenters. The van der Waals surface area contributed by atoms with Crippen LogP contribution in [-0.4, -0.2) is 34.8 Å². The fraction of sp³-hybridized carbons (Fsp3) is 0.438. The molecule has 1 aliphatic heterocycles. The van der Waals surface area contributed by atoms with Crippen molar-refractivity contribution in [2.24, 2.45) is 5.92 Å². The van der Waals surface area contributed by atoms with E-state index >= 15 is 0 Å². The quantitative estimate of drug-likeness (QED) is 0.830. The van der Waals surface area contributed by atoms with Crippen molar-refractivity contribution < 1.29 is 14.4 Å². The molecule has 1 aromatic carbocycles. The van der Waals surface area contributed by atoms with E-state index in [1.807, 2.05) is 19.1 Å². The van der Waals surface area contributed by atoms with E-state index in [0.29, 0.717) is 5.69 Å². The summed E-state index contributed by atoms with van der Waals surface area (Å²) in [5, 5.41) is 5.42. The molecule has 3 rings (SSSR count). The minimum Gasteiger partial charge on any atom is -0.325 e. The molecular weight excluding hydrogens is 282 g/mol. The molecular formula is C16H19N3O3. The molecule has 1 aromatic rings. The van der Waals surface area contributed by atoms with Crippen molar-refractivity contribution in [2.75, 3.05) is 11.9 Å². The van der Waals surface area contributed by atoms with Crippen molar-refractivity contribution >= 4 is 23.5 Å². The third kappa shape index (κ3) is 2.56. The maximum atomic E-state index is 12.4. The zero-order valence-corrected chi connectivity index (χ0v) is 12.7. The van der Waals surface area contributed by atoms with E-state index in [1.165, 1.54) is 0 Å². The number of carbonyl (C=O) groups is 3. The Morgan fingerprint density at radius 3 is 2.55 bits per heavy atom. The number of urea groups is 1. The summed E-state index contributed by atoms with van der Waals surface area (Å²) in [6.07, 6.45) is 1.87. The average Bonchev–Trinajstić information content (AvgIpc) is 3.28. The van der Waals surface area contributed by atoms with Crippen LogP contribution in [0.15, 0.2) is 24.3 Å². The van der Waals surface area contributed by atoms with Gasteiger partial charge in [-0.3, -0.25) is 14.5 Å². The highest BCUT2D eigenvalue weighted by molar-refractivity contribution is 6.10. The van der Waals surface area contributed by atoms with Gasteiger partial charge in [-0.2, -0.15) is 0 Å². The van der Waals surface area contributed by atoms with E-state index in [0.717, 1.165) is 23.3 Å². The van der Waals surface area contributed by atoms with Crippen LogP contribution in [0.25, 0.3) is 0 Å². The Bertz CT molecular complexity index is 637. The Balaban J connectivity index is 1.65. The standard InChI is InChI=1S/C16H19N3O3/c1-10-3-7-12(8-4-10)17-13(20)9-19-14(21)16(2,11-5-6-11)18-15(19)22/h3-4,7-8,11H,5-6,9H2,1-2H3,(H,17,20)(H,18,22)/t16-/m0/s1. The van der Waals surface area contributed by atoms with E-state index in [4.69, 9.17) is 0 Å². The second-order valence-electron chi connectivity index (χ2n) is 6.21. The van der Waals surface area contributed by atoms with Gasteiger partial charge in [-0.15, -0.1) is 0 Å². The van der Waals surface area contributed by atoms with Crippen LogP contribution in [0.4, 0.5) is 10.5 Å². The molecule has 1 saturated heterocycles. The summed E-state index contributed by atoms with van der Waals surface area (Å²) in [6, 6.07) is 6.85. The van der Waals surface area contributed by atoms with Crippen LogP contribution in [0.3, 0.4) is 0 Å². The zero-order chi connectivity index (χ0) is 15.9. The van der Waals surface area contributed by atoms with Gasteiger partial charge in [-0.25, -0.2) is 4.79 Å². The number of rotatable bonds is 4. The number of hydrogen-bond acceptors (Lipinski definition) is 3. The Hall–Kier alpha value is -2.37. The molecule has 2 fully saturated rings. The maximum Gasteiger partial charge on any atom is 0.325 e. The predicted octanol–water partition coefficient (Wildman–Crippen LogP) is 1.65. The molecule has 0 aromatic heterocycles. The van der Waals surface area contributed by atoms with Crippen LogP contribution in [0.5, 0.6) is 0 Å². The summed E-state index contributed by atoms with van der Waals surface area (Å²) in [4.78, 5) is 37.5. The Morgan fingerprint density at radius 1 is 1.32 bits per heavy atom. The molecule has 1 saturated carbocycles. The normalized spacial score (nSPS) is 24.4. The summed E-state index contributed by atoms with van der Waals surface area (Å²) in [5.41, 5.74) is 0.890. The number of anilines is 1. The molecule has 6 heteroatoms. The molecule has 1 heterocycles. The summed E-state index contributed by atoms with van der Waals surface area (Å²) < 4.78 is 0. The number of hydrogen-bond donors (Lipinski definition) is 2. The van der Waals surface area contributed by atoms with Gasteiger partial charge in [-0.1, -0.05) is 17.7 Å². The highest BCUT2D eigenvalue weighted by atomic mass is 16.2. The first-order valence-electron chi connectivity index (χ1n) is 7.41. The molecule has 2 N–H and O–H groups in total. The summed E-state index contributed by atoms with van der Waals surface area (Å²) in [7, 11) is 0. The van der Waals surface area contributed by atoms with Crippen molar-refractivity contribution in [3.05, 3.63) is 29.8 Å². The van der Waals surface area contributed by atoms with Crippen LogP contribution in [0, 0.1) is 12.8 Å². The second-order valence-corrected chi connectivity index (χ2v) is 6.21. The molecule has 0 unspecified atom stereocenters. The topological polar surface area (TPSA) is 78.5 Å². The lowest BCUT2D eigenvalue weighted by molar-refractivity contribution is -0.134. The molecule has 4 amide bonds.